The average Bonchev–Trinajstić information content (AvgIpc) is 2.93. The highest BCUT2D eigenvalue weighted by atomic mass is 32.1. The SMILES string of the molecule is CCNc1ccc(C)cc1C(=O)N(C)Cc1cscn1. The van der Waals surface area contributed by atoms with Gasteiger partial charge in [0.15, 0.2) is 0 Å². The number of carbonyl (C=O) groups is 1. The number of aryl methyl sites for hydroxylation is 1. The third kappa shape index (κ3) is 3.36. The van der Waals surface area contributed by atoms with Crippen LogP contribution in [0, 0.1) is 6.92 Å². The number of rotatable bonds is 5. The van der Waals surface area contributed by atoms with E-state index in [0.717, 1.165) is 23.5 Å². The molecule has 1 aromatic carbocycles. The van der Waals surface area contributed by atoms with Crippen LogP contribution in [0.25, 0.3) is 0 Å². The zero-order valence-corrected chi connectivity index (χ0v) is 12.8. The van der Waals surface area contributed by atoms with Crippen LogP contribution in [-0.4, -0.2) is 29.4 Å². The summed E-state index contributed by atoms with van der Waals surface area (Å²) in [5, 5.41) is 5.20. The van der Waals surface area contributed by atoms with Crippen molar-refractivity contribution in [3.63, 3.8) is 0 Å². The number of thiazole rings is 1. The molecule has 0 saturated heterocycles. The lowest BCUT2D eigenvalue weighted by Crippen LogP contribution is -2.27. The van der Waals surface area contributed by atoms with Crippen LogP contribution in [0.4, 0.5) is 5.69 Å². The fourth-order valence-electron chi connectivity index (χ4n) is 2.02. The second-order valence-electron chi connectivity index (χ2n) is 4.72. The third-order valence-corrected chi connectivity index (χ3v) is 3.64. The molecule has 1 aromatic heterocycles. The predicted molar refractivity (Wildman–Crippen MR) is 83.3 cm³/mol. The minimum Gasteiger partial charge on any atom is -0.385 e. The van der Waals surface area contributed by atoms with Crippen LogP contribution >= 0.6 is 11.3 Å². The first kappa shape index (κ1) is 14.5. The van der Waals surface area contributed by atoms with E-state index in [0.29, 0.717) is 12.1 Å². The summed E-state index contributed by atoms with van der Waals surface area (Å²) in [6.07, 6.45) is 0. The van der Waals surface area contributed by atoms with Crippen LogP contribution < -0.4 is 5.32 Å². The van der Waals surface area contributed by atoms with Crippen molar-refractivity contribution in [3.05, 3.63) is 45.9 Å². The maximum absolute atomic E-state index is 12.6. The van der Waals surface area contributed by atoms with Crippen molar-refractivity contribution >= 4 is 22.9 Å². The maximum atomic E-state index is 12.6. The molecule has 20 heavy (non-hydrogen) atoms. The van der Waals surface area contributed by atoms with Gasteiger partial charge in [0.25, 0.3) is 5.91 Å². The summed E-state index contributed by atoms with van der Waals surface area (Å²) < 4.78 is 0. The van der Waals surface area contributed by atoms with Crippen molar-refractivity contribution in [1.29, 1.82) is 0 Å². The zero-order chi connectivity index (χ0) is 14.5. The number of hydrogen-bond donors (Lipinski definition) is 1. The Balaban J connectivity index is 2.21. The summed E-state index contributed by atoms with van der Waals surface area (Å²) >= 11 is 1.54. The van der Waals surface area contributed by atoms with Gasteiger partial charge in [0.2, 0.25) is 0 Å². The van der Waals surface area contributed by atoms with E-state index in [4.69, 9.17) is 0 Å². The Hall–Kier alpha value is -1.88. The first-order chi connectivity index (χ1) is 9.61. The molecule has 1 heterocycles. The number of nitrogens with zero attached hydrogens (tertiary/aromatic N) is 2. The zero-order valence-electron chi connectivity index (χ0n) is 12.0. The van der Waals surface area contributed by atoms with E-state index in [1.165, 1.54) is 0 Å². The standard InChI is InChI=1S/C15H19N3OS/c1-4-16-14-6-5-11(2)7-13(14)15(19)18(3)8-12-9-20-10-17-12/h5-7,9-10,16H,4,8H2,1-3H3. The lowest BCUT2D eigenvalue weighted by Gasteiger charge is -2.19. The van der Waals surface area contributed by atoms with Crippen LogP contribution in [0.3, 0.4) is 0 Å². The second-order valence-corrected chi connectivity index (χ2v) is 5.44. The number of anilines is 1. The molecule has 0 bridgehead atoms. The van der Waals surface area contributed by atoms with Gasteiger partial charge in [0, 0.05) is 24.7 Å². The highest BCUT2D eigenvalue weighted by Gasteiger charge is 2.16. The monoisotopic (exact) mass is 289 g/mol. The number of hydrogen-bond acceptors (Lipinski definition) is 4. The highest BCUT2D eigenvalue weighted by Crippen LogP contribution is 2.19. The molecule has 1 N–H and O–H groups in total. The van der Waals surface area contributed by atoms with Crippen molar-refractivity contribution in [2.75, 3.05) is 18.9 Å². The molecule has 0 aliphatic rings. The summed E-state index contributed by atoms with van der Waals surface area (Å²) in [5.74, 6) is 0.0117. The Morgan fingerprint density at radius 3 is 2.90 bits per heavy atom. The Labute approximate surface area is 123 Å². The van der Waals surface area contributed by atoms with Gasteiger partial charge in [-0.05, 0) is 26.0 Å². The van der Waals surface area contributed by atoms with Crippen LogP contribution in [-0.2, 0) is 6.54 Å². The largest absolute Gasteiger partial charge is 0.385 e. The van der Waals surface area contributed by atoms with Gasteiger partial charge in [-0.25, -0.2) is 4.98 Å². The number of benzene rings is 1. The first-order valence-corrected chi connectivity index (χ1v) is 7.53. The summed E-state index contributed by atoms with van der Waals surface area (Å²) in [5.41, 5.74) is 5.38. The molecule has 0 aliphatic carbocycles. The van der Waals surface area contributed by atoms with Gasteiger partial charge >= 0.3 is 0 Å². The number of amides is 1. The van der Waals surface area contributed by atoms with Crippen LogP contribution in [0.2, 0.25) is 0 Å². The minimum atomic E-state index is 0.0117. The van der Waals surface area contributed by atoms with Crippen molar-refractivity contribution in [2.24, 2.45) is 0 Å². The van der Waals surface area contributed by atoms with Gasteiger partial charge in [-0.1, -0.05) is 11.6 Å². The average molecular weight is 289 g/mol. The number of aromatic nitrogens is 1. The quantitative estimate of drug-likeness (QED) is 0.919. The molecular formula is C15H19N3OS. The lowest BCUT2D eigenvalue weighted by molar-refractivity contribution is 0.0784. The van der Waals surface area contributed by atoms with Crippen molar-refractivity contribution in [3.8, 4) is 0 Å². The minimum absolute atomic E-state index is 0.0117. The van der Waals surface area contributed by atoms with Gasteiger partial charge in [0.05, 0.1) is 23.3 Å². The van der Waals surface area contributed by atoms with Crippen LogP contribution in [0.15, 0.2) is 29.1 Å². The van der Waals surface area contributed by atoms with Gasteiger partial charge in [0.1, 0.15) is 0 Å². The molecule has 0 unspecified atom stereocenters. The Morgan fingerprint density at radius 2 is 2.25 bits per heavy atom. The molecule has 0 aliphatic heterocycles. The van der Waals surface area contributed by atoms with Crippen molar-refractivity contribution in [1.82, 2.24) is 9.88 Å². The first-order valence-electron chi connectivity index (χ1n) is 6.59. The molecule has 0 spiro atoms. The summed E-state index contributed by atoms with van der Waals surface area (Å²) in [6, 6.07) is 5.90. The molecule has 0 saturated carbocycles. The molecule has 1 amide bonds. The van der Waals surface area contributed by atoms with E-state index in [-0.39, 0.29) is 5.91 Å². The van der Waals surface area contributed by atoms with Crippen molar-refractivity contribution < 1.29 is 4.79 Å². The van der Waals surface area contributed by atoms with Gasteiger partial charge < -0.3 is 10.2 Å². The molecule has 4 nitrogen and oxygen atoms in total. The summed E-state index contributed by atoms with van der Waals surface area (Å²) in [4.78, 5) is 18.5. The summed E-state index contributed by atoms with van der Waals surface area (Å²) in [7, 11) is 1.81. The molecule has 106 valence electrons. The fourth-order valence-corrected chi connectivity index (χ4v) is 2.57. The molecule has 0 radical (unpaired) electrons. The van der Waals surface area contributed by atoms with E-state index < -0.39 is 0 Å². The predicted octanol–water partition coefficient (Wildman–Crippen LogP) is 3.16. The molecular weight excluding hydrogens is 270 g/mol. The van der Waals surface area contributed by atoms with Crippen LogP contribution in [0.5, 0.6) is 0 Å². The molecule has 0 fully saturated rings. The second kappa shape index (κ2) is 6.52. The Bertz CT molecular complexity index is 581. The number of nitrogens with one attached hydrogen (secondary N) is 1. The molecule has 5 heteroatoms. The van der Waals surface area contributed by atoms with E-state index in [2.05, 4.69) is 10.3 Å². The molecule has 0 atom stereocenters. The fraction of sp³-hybridized carbons (Fsp3) is 0.333. The lowest BCUT2D eigenvalue weighted by atomic mass is 10.1. The van der Waals surface area contributed by atoms with Gasteiger partial charge in [-0.2, -0.15) is 0 Å². The van der Waals surface area contributed by atoms with Gasteiger partial charge in [-0.15, -0.1) is 11.3 Å². The Kier molecular flexibility index (Phi) is 4.74. The van der Waals surface area contributed by atoms with Crippen molar-refractivity contribution in [2.45, 2.75) is 20.4 Å². The topological polar surface area (TPSA) is 45.2 Å². The number of carbonyl (C=O) groups excluding carboxylic acids is 1. The van der Waals surface area contributed by atoms with E-state index in [1.54, 1.807) is 28.8 Å². The molecule has 2 rings (SSSR count). The van der Waals surface area contributed by atoms with Crippen LogP contribution in [0.1, 0.15) is 28.5 Å². The van der Waals surface area contributed by atoms with E-state index >= 15 is 0 Å². The smallest absolute Gasteiger partial charge is 0.256 e. The highest BCUT2D eigenvalue weighted by molar-refractivity contribution is 7.07. The normalized spacial score (nSPS) is 10.3. The van der Waals surface area contributed by atoms with Gasteiger partial charge in [-0.3, -0.25) is 4.79 Å². The Morgan fingerprint density at radius 1 is 1.45 bits per heavy atom. The maximum Gasteiger partial charge on any atom is 0.256 e. The van der Waals surface area contributed by atoms with E-state index in [1.807, 2.05) is 37.4 Å². The molecule has 2 aromatic rings. The van der Waals surface area contributed by atoms with E-state index in [9.17, 15) is 4.79 Å². The third-order valence-electron chi connectivity index (χ3n) is 3.00. The summed E-state index contributed by atoms with van der Waals surface area (Å²) in [6.45, 7) is 5.33.